The number of amides is 2. The van der Waals surface area contributed by atoms with Crippen LogP contribution in [0, 0.1) is 0 Å². The van der Waals surface area contributed by atoms with E-state index in [1.165, 1.54) is 0 Å². The number of nitrogens with one attached hydrogen (secondary N) is 1. The van der Waals surface area contributed by atoms with Gasteiger partial charge in [-0.05, 0) is 43.2 Å². The van der Waals surface area contributed by atoms with Crippen LogP contribution in [0.25, 0.3) is 0 Å². The number of nitrogens with zero attached hydrogens (tertiary/aromatic N) is 1. The van der Waals surface area contributed by atoms with Crippen molar-refractivity contribution in [3.63, 3.8) is 0 Å². The van der Waals surface area contributed by atoms with Gasteiger partial charge in [0.2, 0.25) is 11.8 Å². The van der Waals surface area contributed by atoms with Crippen LogP contribution in [0.4, 0.5) is 11.4 Å². The first kappa shape index (κ1) is 20.2. The van der Waals surface area contributed by atoms with Gasteiger partial charge >= 0.3 is 0 Å². The summed E-state index contributed by atoms with van der Waals surface area (Å²) in [5, 5.41) is 2.87. The third kappa shape index (κ3) is 5.25. The molecule has 0 saturated carbocycles. The maximum absolute atomic E-state index is 12.2. The van der Waals surface area contributed by atoms with Crippen LogP contribution in [-0.2, 0) is 9.59 Å². The molecule has 0 aliphatic carbocycles. The van der Waals surface area contributed by atoms with Gasteiger partial charge in [-0.1, -0.05) is 22.0 Å². The van der Waals surface area contributed by atoms with Gasteiger partial charge in [0, 0.05) is 35.6 Å². The van der Waals surface area contributed by atoms with Crippen molar-refractivity contribution >= 4 is 39.1 Å². The molecule has 28 heavy (non-hydrogen) atoms. The second kappa shape index (κ2) is 9.59. The molecule has 0 unspecified atom stereocenters. The van der Waals surface area contributed by atoms with Crippen molar-refractivity contribution < 1.29 is 19.1 Å². The molecule has 7 heteroatoms. The van der Waals surface area contributed by atoms with Crippen molar-refractivity contribution in [2.24, 2.45) is 0 Å². The number of ether oxygens (including phenoxy) is 2. The Kier molecular flexibility index (Phi) is 6.92. The minimum atomic E-state index is -0.0927. The number of hydrogen-bond donors (Lipinski definition) is 1. The molecule has 0 bridgehead atoms. The lowest BCUT2D eigenvalue weighted by atomic mass is 10.2. The van der Waals surface area contributed by atoms with E-state index in [-0.39, 0.29) is 11.8 Å². The highest BCUT2D eigenvalue weighted by molar-refractivity contribution is 9.10. The molecule has 6 nitrogen and oxygen atoms in total. The smallest absolute Gasteiger partial charge is 0.227 e. The number of anilines is 2. The molecule has 1 N–H and O–H groups in total. The van der Waals surface area contributed by atoms with E-state index in [1.807, 2.05) is 30.3 Å². The van der Waals surface area contributed by atoms with Gasteiger partial charge in [-0.15, -0.1) is 0 Å². The summed E-state index contributed by atoms with van der Waals surface area (Å²) in [5.41, 5.74) is 1.38. The van der Waals surface area contributed by atoms with E-state index in [1.54, 1.807) is 24.1 Å². The van der Waals surface area contributed by atoms with Gasteiger partial charge in [-0.25, -0.2) is 0 Å². The lowest BCUT2D eigenvalue weighted by Gasteiger charge is -2.19. The minimum absolute atomic E-state index is 0.0927. The summed E-state index contributed by atoms with van der Waals surface area (Å²) in [5.74, 6) is 1.35. The zero-order valence-corrected chi connectivity index (χ0v) is 17.3. The molecule has 0 spiro atoms. The van der Waals surface area contributed by atoms with Crippen LogP contribution in [0.2, 0.25) is 0 Å². The van der Waals surface area contributed by atoms with E-state index >= 15 is 0 Å². The third-order valence-corrected chi connectivity index (χ3v) is 4.93. The average Bonchev–Trinajstić information content (AvgIpc) is 3.11. The summed E-state index contributed by atoms with van der Waals surface area (Å²) in [6, 6.07) is 12.9. The van der Waals surface area contributed by atoms with E-state index in [2.05, 4.69) is 21.2 Å². The largest absolute Gasteiger partial charge is 0.494 e. The zero-order valence-electron chi connectivity index (χ0n) is 15.7. The van der Waals surface area contributed by atoms with Crippen LogP contribution >= 0.6 is 15.9 Å². The van der Waals surface area contributed by atoms with E-state index in [0.717, 1.165) is 22.3 Å². The molecule has 2 aromatic carbocycles. The fraction of sp³-hybridized carbons (Fsp3) is 0.333. The van der Waals surface area contributed by atoms with Gasteiger partial charge < -0.3 is 19.7 Å². The maximum atomic E-state index is 12.2. The van der Waals surface area contributed by atoms with E-state index in [4.69, 9.17) is 9.47 Å². The fourth-order valence-corrected chi connectivity index (χ4v) is 3.46. The lowest BCUT2D eigenvalue weighted by molar-refractivity contribution is -0.117. The Morgan fingerprint density at radius 2 is 2.11 bits per heavy atom. The third-order valence-electron chi connectivity index (χ3n) is 4.44. The Labute approximate surface area is 172 Å². The monoisotopic (exact) mass is 446 g/mol. The van der Waals surface area contributed by atoms with Crippen molar-refractivity contribution in [2.75, 3.05) is 30.5 Å². The molecule has 3 rings (SSSR count). The summed E-state index contributed by atoms with van der Waals surface area (Å²) in [7, 11) is 1.56. The van der Waals surface area contributed by atoms with Gasteiger partial charge in [0.05, 0.1) is 19.4 Å². The van der Waals surface area contributed by atoms with Crippen LogP contribution in [0.3, 0.4) is 0 Å². The summed E-state index contributed by atoms with van der Waals surface area (Å²) in [6.45, 7) is 1.15. The van der Waals surface area contributed by atoms with Gasteiger partial charge in [-0.3, -0.25) is 9.59 Å². The SMILES string of the molecule is COc1cc(NC(=O)CCCOc2cccc(Br)c2)ccc1N1CCCC1=O. The van der Waals surface area contributed by atoms with Gasteiger partial charge in [0.1, 0.15) is 11.5 Å². The molecule has 0 aromatic heterocycles. The Hall–Kier alpha value is -2.54. The van der Waals surface area contributed by atoms with Crippen molar-refractivity contribution in [1.29, 1.82) is 0 Å². The second-order valence-corrected chi connectivity index (χ2v) is 7.41. The predicted molar refractivity (Wildman–Crippen MR) is 112 cm³/mol. The standard InChI is InChI=1S/C21H23BrN2O4/c1-27-19-14-16(9-10-18(19)24-11-3-8-21(24)26)23-20(25)7-4-12-28-17-6-2-5-15(22)13-17/h2,5-6,9-10,13-14H,3-4,7-8,11-12H2,1H3,(H,23,25). The van der Waals surface area contributed by atoms with Gasteiger partial charge in [-0.2, -0.15) is 0 Å². The van der Waals surface area contributed by atoms with Crippen LogP contribution in [0.15, 0.2) is 46.9 Å². The predicted octanol–water partition coefficient (Wildman–Crippen LogP) is 4.38. The number of carbonyl (C=O) groups is 2. The first-order valence-electron chi connectivity index (χ1n) is 9.23. The average molecular weight is 447 g/mol. The molecular formula is C21H23BrN2O4. The number of hydrogen-bond acceptors (Lipinski definition) is 4. The molecule has 148 valence electrons. The van der Waals surface area contributed by atoms with Crippen molar-refractivity contribution in [1.82, 2.24) is 0 Å². The molecule has 2 aromatic rings. The van der Waals surface area contributed by atoms with E-state index in [9.17, 15) is 9.59 Å². The Bertz CT molecular complexity index is 856. The van der Waals surface area contributed by atoms with Crippen molar-refractivity contribution in [3.8, 4) is 11.5 Å². The first-order chi connectivity index (χ1) is 13.6. The van der Waals surface area contributed by atoms with E-state index < -0.39 is 0 Å². The zero-order chi connectivity index (χ0) is 19.9. The summed E-state index contributed by atoms with van der Waals surface area (Å²) >= 11 is 3.40. The Balaban J connectivity index is 1.50. The molecular weight excluding hydrogens is 424 g/mol. The van der Waals surface area contributed by atoms with Crippen LogP contribution in [-0.4, -0.2) is 32.1 Å². The molecule has 0 radical (unpaired) electrons. The Morgan fingerprint density at radius 1 is 1.25 bits per heavy atom. The topological polar surface area (TPSA) is 67.9 Å². The number of carbonyl (C=O) groups excluding carboxylic acids is 2. The van der Waals surface area contributed by atoms with E-state index in [0.29, 0.717) is 43.9 Å². The quantitative estimate of drug-likeness (QED) is 0.610. The molecule has 0 atom stereocenters. The number of benzene rings is 2. The number of methoxy groups -OCH3 is 1. The normalized spacial score (nSPS) is 13.5. The molecule has 1 heterocycles. The molecule has 1 aliphatic rings. The highest BCUT2D eigenvalue weighted by Crippen LogP contribution is 2.33. The summed E-state index contributed by atoms with van der Waals surface area (Å²) < 4.78 is 12.0. The Morgan fingerprint density at radius 3 is 2.82 bits per heavy atom. The fourth-order valence-electron chi connectivity index (χ4n) is 3.08. The maximum Gasteiger partial charge on any atom is 0.227 e. The van der Waals surface area contributed by atoms with Crippen molar-refractivity contribution in [2.45, 2.75) is 25.7 Å². The molecule has 1 fully saturated rings. The molecule has 1 aliphatic heterocycles. The number of rotatable bonds is 8. The van der Waals surface area contributed by atoms with Crippen LogP contribution in [0.5, 0.6) is 11.5 Å². The van der Waals surface area contributed by atoms with Gasteiger partial charge in [0.25, 0.3) is 0 Å². The lowest BCUT2D eigenvalue weighted by Crippen LogP contribution is -2.24. The van der Waals surface area contributed by atoms with Crippen LogP contribution < -0.4 is 19.7 Å². The highest BCUT2D eigenvalue weighted by Gasteiger charge is 2.24. The van der Waals surface area contributed by atoms with Crippen molar-refractivity contribution in [3.05, 3.63) is 46.9 Å². The summed E-state index contributed by atoms with van der Waals surface area (Å²) in [6.07, 6.45) is 2.37. The van der Waals surface area contributed by atoms with Gasteiger partial charge in [0.15, 0.2) is 0 Å². The second-order valence-electron chi connectivity index (χ2n) is 6.49. The van der Waals surface area contributed by atoms with Crippen LogP contribution in [0.1, 0.15) is 25.7 Å². The molecule has 1 saturated heterocycles. The number of halogens is 1. The molecule has 2 amide bonds. The highest BCUT2D eigenvalue weighted by atomic mass is 79.9. The summed E-state index contributed by atoms with van der Waals surface area (Å²) in [4.78, 5) is 25.9. The minimum Gasteiger partial charge on any atom is -0.494 e. The first-order valence-corrected chi connectivity index (χ1v) is 10.0.